The van der Waals surface area contributed by atoms with Gasteiger partial charge in [0, 0.05) is 37.2 Å². The molecule has 28 heavy (non-hydrogen) atoms. The molecule has 150 valence electrons. The third kappa shape index (κ3) is 4.91. The molecule has 1 aliphatic heterocycles. The van der Waals surface area contributed by atoms with E-state index in [1.54, 1.807) is 23.5 Å². The van der Waals surface area contributed by atoms with Gasteiger partial charge in [0.1, 0.15) is 6.04 Å². The van der Waals surface area contributed by atoms with Gasteiger partial charge in [0.05, 0.1) is 11.4 Å². The van der Waals surface area contributed by atoms with Gasteiger partial charge >= 0.3 is 0 Å². The van der Waals surface area contributed by atoms with Crippen molar-refractivity contribution < 1.29 is 14.5 Å². The summed E-state index contributed by atoms with van der Waals surface area (Å²) in [6.45, 7) is 7.39. The van der Waals surface area contributed by atoms with Crippen LogP contribution in [0.1, 0.15) is 48.0 Å². The van der Waals surface area contributed by atoms with Crippen LogP contribution in [0.2, 0.25) is 0 Å². The summed E-state index contributed by atoms with van der Waals surface area (Å²) in [7, 11) is 0. The number of rotatable bonds is 7. The number of thiophene rings is 1. The number of benzene rings is 1. The van der Waals surface area contributed by atoms with Gasteiger partial charge in [0.2, 0.25) is 0 Å². The van der Waals surface area contributed by atoms with Crippen molar-refractivity contribution in [1.29, 1.82) is 0 Å². The van der Waals surface area contributed by atoms with Crippen LogP contribution < -0.4 is 20.7 Å². The van der Waals surface area contributed by atoms with E-state index in [4.69, 9.17) is 0 Å². The lowest BCUT2D eigenvalue weighted by molar-refractivity contribution is -0.910. The van der Waals surface area contributed by atoms with Gasteiger partial charge < -0.3 is 9.80 Å². The first-order valence-electron chi connectivity index (χ1n) is 9.94. The quantitative estimate of drug-likeness (QED) is 0.620. The van der Waals surface area contributed by atoms with Crippen molar-refractivity contribution in [2.24, 2.45) is 0 Å². The van der Waals surface area contributed by atoms with E-state index in [2.05, 4.69) is 47.1 Å². The van der Waals surface area contributed by atoms with Gasteiger partial charge in [0.15, 0.2) is 6.54 Å². The number of carbonyl (C=O) groups is 2. The molecule has 0 bridgehead atoms. The first-order valence-corrected chi connectivity index (χ1v) is 10.8. The highest BCUT2D eigenvalue weighted by Crippen LogP contribution is 2.23. The van der Waals surface area contributed by atoms with E-state index in [1.807, 2.05) is 12.1 Å². The molecule has 2 heterocycles. The van der Waals surface area contributed by atoms with Crippen LogP contribution in [0.4, 0.5) is 5.69 Å². The Balaban J connectivity index is 1.49. The van der Waals surface area contributed by atoms with Gasteiger partial charge in [-0.1, -0.05) is 6.07 Å². The fourth-order valence-electron chi connectivity index (χ4n) is 3.82. The molecule has 2 aromatic rings. The van der Waals surface area contributed by atoms with Crippen molar-refractivity contribution in [2.75, 3.05) is 31.1 Å². The Hall–Kier alpha value is -2.38. The Morgan fingerprint density at radius 3 is 2.54 bits per heavy atom. The number of likely N-dealkylation sites (tertiary alicyclic amines) is 1. The van der Waals surface area contributed by atoms with Gasteiger partial charge in [-0.3, -0.25) is 20.4 Å². The fraction of sp³-hybridized carbons (Fsp3) is 0.429. The van der Waals surface area contributed by atoms with Crippen molar-refractivity contribution in [3.63, 3.8) is 0 Å². The van der Waals surface area contributed by atoms with Crippen molar-refractivity contribution >= 4 is 28.8 Å². The average molecular weight is 402 g/mol. The molecule has 7 heteroatoms. The van der Waals surface area contributed by atoms with E-state index in [-0.39, 0.29) is 11.8 Å². The van der Waals surface area contributed by atoms with E-state index in [0.717, 1.165) is 38.2 Å². The Bertz CT molecular complexity index is 772. The second-order valence-electron chi connectivity index (χ2n) is 7.02. The van der Waals surface area contributed by atoms with Crippen LogP contribution in [0.5, 0.6) is 0 Å². The largest absolute Gasteiger partial charge is 0.372 e. The lowest BCUT2D eigenvalue weighted by Crippen LogP contribution is -3.11. The monoisotopic (exact) mass is 401 g/mol. The highest BCUT2D eigenvalue weighted by atomic mass is 32.1. The standard InChI is InChI=1S/C21H28N4O2S/c1-3-24(4-2)17-11-9-16(10-12-17)21(27)23-22-20(26)15-25-13-5-7-18(25)19-8-6-14-28-19/h6,8-12,14,18H,3-5,7,13,15H2,1-2H3,(H,22,26)(H,23,27)/p+1/t18-/m1/s1. The topological polar surface area (TPSA) is 65.9 Å². The summed E-state index contributed by atoms with van der Waals surface area (Å²) in [6.07, 6.45) is 2.23. The maximum atomic E-state index is 12.3. The number of anilines is 1. The summed E-state index contributed by atoms with van der Waals surface area (Å²) in [6, 6.07) is 12.0. The number of carbonyl (C=O) groups excluding carboxylic acids is 2. The summed E-state index contributed by atoms with van der Waals surface area (Å²) >= 11 is 1.75. The number of nitrogens with zero attached hydrogens (tertiary/aromatic N) is 1. The molecular weight excluding hydrogens is 372 g/mol. The Labute approximate surface area is 170 Å². The molecule has 0 spiro atoms. The van der Waals surface area contributed by atoms with Gasteiger partial charge in [0.25, 0.3) is 11.8 Å². The molecule has 6 nitrogen and oxygen atoms in total. The molecule has 0 saturated carbocycles. The second kappa shape index (κ2) is 9.71. The SMILES string of the molecule is CCN(CC)c1ccc(C(=O)NNC(=O)C[NH+]2CCC[C@@H]2c2cccs2)cc1. The predicted octanol–water partition coefficient (Wildman–Crippen LogP) is 1.78. The molecule has 2 amide bonds. The number of amides is 2. The minimum Gasteiger partial charge on any atom is -0.372 e. The normalized spacial score (nSPS) is 18.6. The van der Waals surface area contributed by atoms with Crippen molar-refractivity contribution in [2.45, 2.75) is 32.7 Å². The number of quaternary nitrogens is 1. The first-order chi connectivity index (χ1) is 13.6. The summed E-state index contributed by atoms with van der Waals surface area (Å²) in [5.41, 5.74) is 6.72. The maximum Gasteiger partial charge on any atom is 0.293 e. The molecule has 2 atom stereocenters. The highest BCUT2D eigenvalue weighted by Gasteiger charge is 2.32. The molecular formula is C21H29N4O2S+. The van der Waals surface area contributed by atoms with Crippen LogP contribution in [0.3, 0.4) is 0 Å². The van der Waals surface area contributed by atoms with Gasteiger partial charge in [-0.05, 0) is 49.6 Å². The van der Waals surface area contributed by atoms with Crippen LogP contribution in [-0.4, -0.2) is 38.0 Å². The third-order valence-corrected chi connectivity index (χ3v) is 6.32. The summed E-state index contributed by atoms with van der Waals surface area (Å²) < 4.78 is 0. The minimum atomic E-state index is -0.300. The van der Waals surface area contributed by atoms with Crippen molar-refractivity contribution in [3.05, 3.63) is 52.2 Å². The van der Waals surface area contributed by atoms with Crippen LogP contribution in [0.25, 0.3) is 0 Å². The van der Waals surface area contributed by atoms with Crippen LogP contribution in [0.15, 0.2) is 41.8 Å². The number of hydrogen-bond acceptors (Lipinski definition) is 4. The Morgan fingerprint density at radius 1 is 1.14 bits per heavy atom. The molecule has 3 N–H and O–H groups in total. The fourth-order valence-corrected chi connectivity index (χ4v) is 4.74. The molecule has 0 radical (unpaired) electrons. The van der Waals surface area contributed by atoms with E-state index in [0.29, 0.717) is 18.2 Å². The van der Waals surface area contributed by atoms with Crippen molar-refractivity contribution in [1.82, 2.24) is 10.9 Å². The predicted molar refractivity (Wildman–Crippen MR) is 113 cm³/mol. The summed E-state index contributed by atoms with van der Waals surface area (Å²) in [5.74, 6) is -0.461. The molecule has 1 fully saturated rings. The lowest BCUT2D eigenvalue weighted by atomic mass is 10.2. The molecule has 1 saturated heterocycles. The zero-order valence-electron chi connectivity index (χ0n) is 16.5. The van der Waals surface area contributed by atoms with Crippen LogP contribution >= 0.6 is 11.3 Å². The summed E-state index contributed by atoms with van der Waals surface area (Å²) in [5, 5.41) is 2.08. The van der Waals surface area contributed by atoms with Gasteiger partial charge in [-0.25, -0.2) is 0 Å². The maximum absolute atomic E-state index is 12.3. The smallest absolute Gasteiger partial charge is 0.293 e. The third-order valence-electron chi connectivity index (χ3n) is 5.33. The van der Waals surface area contributed by atoms with E-state index >= 15 is 0 Å². The highest BCUT2D eigenvalue weighted by molar-refractivity contribution is 7.10. The van der Waals surface area contributed by atoms with E-state index < -0.39 is 0 Å². The van der Waals surface area contributed by atoms with Crippen LogP contribution in [0, 0.1) is 0 Å². The van der Waals surface area contributed by atoms with E-state index in [9.17, 15) is 9.59 Å². The lowest BCUT2D eigenvalue weighted by Gasteiger charge is -2.21. The van der Waals surface area contributed by atoms with Crippen molar-refractivity contribution in [3.8, 4) is 0 Å². The van der Waals surface area contributed by atoms with Gasteiger partial charge in [-0.15, -0.1) is 11.3 Å². The molecule has 1 aromatic carbocycles. The Morgan fingerprint density at radius 2 is 1.89 bits per heavy atom. The van der Waals surface area contributed by atoms with Gasteiger partial charge in [-0.2, -0.15) is 0 Å². The second-order valence-corrected chi connectivity index (χ2v) is 8.00. The average Bonchev–Trinajstić information content (AvgIpc) is 3.39. The number of hydrazine groups is 1. The first kappa shape index (κ1) is 20.4. The zero-order valence-corrected chi connectivity index (χ0v) is 17.3. The minimum absolute atomic E-state index is 0.161. The molecule has 1 aliphatic rings. The summed E-state index contributed by atoms with van der Waals surface area (Å²) in [4.78, 5) is 29.4. The molecule has 3 rings (SSSR count). The van der Waals surface area contributed by atoms with Crippen LogP contribution in [-0.2, 0) is 4.79 Å². The zero-order chi connectivity index (χ0) is 19.9. The molecule has 0 aliphatic carbocycles. The molecule has 1 aromatic heterocycles. The Kier molecular flexibility index (Phi) is 7.06. The number of hydrogen-bond donors (Lipinski definition) is 3. The number of nitrogens with one attached hydrogen (secondary N) is 3. The van der Waals surface area contributed by atoms with E-state index in [1.165, 1.54) is 9.78 Å². The molecule has 1 unspecified atom stereocenters.